The third-order valence-electron chi connectivity index (χ3n) is 6.31. The maximum atomic E-state index is 13.1. The van der Waals surface area contributed by atoms with Gasteiger partial charge < -0.3 is 14.8 Å². The van der Waals surface area contributed by atoms with Crippen LogP contribution in [-0.4, -0.2) is 33.9 Å². The number of likely N-dealkylation sites (tertiary alicyclic amines) is 1. The predicted molar refractivity (Wildman–Crippen MR) is 128 cm³/mol. The number of fused-ring (bicyclic) bond motifs is 2. The van der Waals surface area contributed by atoms with Crippen LogP contribution in [0.4, 0.5) is 5.69 Å². The second kappa shape index (κ2) is 8.00. The van der Waals surface area contributed by atoms with Crippen LogP contribution in [0.5, 0.6) is 0 Å². The molecule has 2 aromatic carbocycles. The Morgan fingerprint density at radius 2 is 2.06 bits per heavy atom. The maximum absolute atomic E-state index is 13.1. The van der Waals surface area contributed by atoms with Crippen molar-refractivity contribution in [1.82, 2.24) is 9.47 Å². The maximum Gasteiger partial charge on any atom is 0.256 e. The van der Waals surface area contributed by atoms with Gasteiger partial charge in [-0.15, -0.1) is 0 Å². The van der Waals surface area contributed by atoms with E-state index >= 15 is 0 Å². The molecule has 5 rings (SSSR count). The van der Waals surface area contributed by atoms with Gasteiger partial charge in [0.2, 0.25) is 5.91 Å². The molecule has 2 amide bonds. The van der Waals surface area contributed by atoms with E-state index in [1.54, 1.807) is 0 Å². The second-order valence-corrected chi connectivity index (χ2v) is 9.28. The van der Waals surface area contributed by atoms with E-state index in [1.165, 1.54) is 6.42 Å². The first-order chi connectivity index (χ1) is 15.0. The highest BCUT2D eigenvalue weighted by atomic mass is 79.9. The number of amides is 2. The lowest BCUT2D eigenvalue weighted by atomic mass is 10.0. The molecule has 6 heteroatoms. The number of carbonyl (C=O) groups excluding carboxylic acids is 2. The van der Waals surface area contributed by atoms with Gasteiger partial charge in [-0.05, 0) is 56.5 Å². The summed E-state index contributed by atoms with van der Waals surface area (Å²) in [4.78, 5) is 27.7. The van der Waals surface area contributed by atoms with Gasteiger partial charge in [0.15, 0.2) is 0 Å². The van der Waals surface area contributed by atoms with E-state index in [2.05, 4.69) is 28.2 Å². The highest BCUT2D eigenvalue weighted by molar-refractivity contribution is 9.10. The van der Waals surface area contributed by atoms with E-state index < -0.39 is 0 Å². The van der Waals surface area contributed by atoms with Crippen molar-refractivity contribution in [3.05, 3.63) is 64.3 Å². The number of nitrogens with zero attached hydrogens (tertiary/aromatic N) is 2. The molecule has 0 spiro atoms. The van der Waals surface area contributed by atoms with Crippen molar-refractivity contribution in [2.45, 2.75) is 38.8 Å². The Morgan fingerprint density at radius 3 is 2.90 bits per heavy atom. The van der Waals surface area contributed by atoms with Crippen molar-refractivity contribution in [1.29, 1.82) is 0 Å². The number of benzene rings is 2. The van der Waals surface area contributed by atoms with Crippen molar-refractivity contribution in [2.24, 2.45) is 0 Å². The summed E-state index contributed by atoms with van der Waals surface area (Å²) in [5.74, 6) is 0.0468. The van der Waals surface area contributed by atoms with Gasteiger partial charge >= 0.3 is 0 Å². The molecule has 1 saturated heterocycles. The summed E-state index contributed by atoms with van der Waals surface area (Å²) in [6.07, 6.45) is 7.25. The molecule has 1 unspecified atom stereocenters. The molecule has 0 radical (unpaired) electrons. The molecular weight excluding hydrogens is 454 g/mol. The number of piperidine rings is 1. The van der Waals surface area contributed by atoms with Crippen molar-refractivity contribution < 1.29 is 9.59 Å². The normalized spacial score (nSPS) is 19.7. The molecule has 3 heterocycles. The molecule has 1 aromatic heterocycles. The summed E-state index contributed by atoms with van der Waals surface area (Å²) >= 11 is 3.56. The van der Waals surface area contributed by atoms with Crippen LogP contribution in [0.2, 0.25) is 0 Å². The van der Waals surface area contributed by atoms with E-state index in [9.17, 15) is 9.59 Å². The van der Waals surface area contributed by atoms with E-state index in [4.69, 9.17) is 0 Å². The molecule has 2 aliphatic heterocycles. The van der Waals surface area contributed by atoms with Crippen LogP contribution in [0.15, 0.2) is 53.1 Å². The smallest absolute Gasteiger partial charge is 0.256 e. The van der Waals surface area contributed by atoms with Gasteiger partial charge in [-0.2, -0.15) is 0 Å². The first kappa shape index (κ1) is 20.1. The SMILES string of the molecule is CC1CCCCN1C(=O)Cn1cc(C=C2C(=O)Nc3ccccc32)c2cc(Br)ccc21. The molecule has 1 N–H and O–H groups in total. The number of hydrogen-bond acceptors (Lipinski definition) is 2. The van der Waals surface area contributed by atoms with Gasteiger partial charge in [-0.1, -0.05) is 34.1 Å². The summed E-state index contributed by atoms with van der Waals surface area (Å²) in [6, 6.07) is 14.1. The molecule has 3 aromatic rings. The Labute approximate surface area is 189 Å². The highest BCUT2D eigenvalue weighted by Gasteiger charge is 2.26. The van der Waals surface area contributed by atoms with Crippen LogP contribution in [-0.2, 0) is 16.1 Å². The van der Waals surface area contributed by atoms with Crippen LogP contribution in [0.3, 0.4) is 0 Å². The van der Waals surface area contributed by atoms with Crippen LogP contribution in [0.25, 0.3) is 22.6 Å². The highest BCUT2D eigenvalue weighted by Crippen LogP contribution is 2.35. The Bertz CT molecular complexity index is 1230. The van der Waals surface area contributed by atoms with Gasteiger partial charge in [0.05, 0.1) is 0 Å². The lowest BCUT2D eigenvalue weighted by Crippen LogP contribution is -2.43. The first-order valence-electron chi connectivity index (χ1n) is 10.7. The quantitative estimate of drug-likeness (QED) is 0.520. The Hall–Kier alpha value is -2.86. The van der Waals surface area contributed by atoms with Crippen molar-refractivity contribution in [3.8, 4) is 0 Å². The lowest BCUT2D eigenvalue weighted by molar-refractivity contribution is -0.135. The number of para-hydroxylation sites is 1. The summed E-state index contributed by atoms with van der Waals surface area (Å²) in [7, 11) is 0. The molecule has 2 aliphatic rings. The molecule has 158 valence electrons. The van der Waals surface area contributed by atoms with E-state index in [1.807, 2.05) is 64.2 Å². The van der Waals surface area contributed by atoms with Gasteiger partial charge in [0.1, 0.15) is 6.54 Å². The fraction of sp³-hybridized carbons (Fsp3) is 0.280. The Morgan fingerprint density at radius 1 is 1.23 bits per heavy atom. The third-order valence-corrected chi connectivity index (χ3v) is 6.81. The average molecular weight is 478 g/mol. The molecule has 0 aliphatic carbocycles. The number of nitrogens with one attached hydrogen (secondary N) is 1. The van der Waals surface area contributed by atoms with E-state index in [0.29, 0.717) is 12.1 Å². The third kappa shape index (κ3) is 3.69. The van der Waals surface area contributed by atoms with E-state index in [0.717, 1.165) is 51.6 Å². The Kier molecular flexibility index (Phi) is 5.18. The van der Waals surface area contributed by atoms with Gasteiger partial charge in [0, 0.05) is 56.5 Å². The van der Waals surface area contributed by atoms with Crippen molar-refractivity contribution in [3.63, 3.8) is 0 Å². The fourth-order valence-electron chi connectivity index (χ4n) is 4.69. The van der Waals surface area contributed by atoms with Gasteiger partial charge in [-0.25, -0.2) is 0 Å². The number of carbonyl (C=O) groups is 2. The predicted octanol–water partition coefficient (Wildman–Crippen LogP) is 5.30. The first-order valence-corrected chi connectivity index (χ1v) is 11.5. The molecule has 1 atom stereocenters. The molecular formula is C25H24BrN3O2. The average Bonchev–Trinajstić information content (AvgIpc) is 3.25. The van der Waals surface area contributed by atoms with Crippen molar-refractivity contribution >= 4 is 56.0 Å². The van der Waals surface area contributed by atoms with Crippen molar-refractivity contribution in [2.75, 3.05) is 11.9 Å². The molecule has 1 fully saturated rings. The van der Waals surface area contributed by atoms with Crippen LogP contribution in [0.1, 0.15) is 37.3 Å². The number of rotatable bonds is 3. The Balaban J connectivity index is 1.55. The number of anilines is 1. The number of aromatic nitrogens is 1. The zero-order chi connectivity index (χ0) is 21.5. The topological polar surface area (TPSA) is 54.3 Å². The standard InChI is InChI=1S/C25H24BrN3O2/c1-16-6-4-5-11-29(16)24(30)15-28-14-17(20-13-18(26)9-10-23(20)28)12-21-19-7-2-3-8-22(19)27-25(21)31/h2-3,7-10,12-14,16H,4-6,11,15H2,1H3,(H,27,31). The molecule has 5 nitrogen and oxygen atoms in total. The molecule has 0 bridgehead atoms. The van der Waals surface area contributed by atoms with Gasteiger partial charge in [0.25, 0.3) is 5.91 Å². The minimum Gasteiger partial charge on any atom is -0.338 e. The lowest BCUT2D eigenvalue weighted by Gasteiger charge is -2.33. The van der Waals surface area contributed by atoms with Crippen LogP contribution >= 0.6 is 15.9 Å². The summed E-state index contributed by atoms with van der Waals surface area (Å²) in [5.41, 5.74) is 4.29. The van der Waals surface area contributed by atoms with Crippen LogP contribution in [0, 0.1) is 0 Å². The summed E-state index contributed by atoms with van der Waals surface area (Å²) in [6.45, 7) is 3.26. The number of halogens is 1. The molecule has 0 saturated carbocycles. The minimum atomic E-state index is -0.102. The minimum absolute atomic E-state index is 0.102. The van der Waals surface area contributed by atoms with Crippen LogP contribution < -0.4 is 5.32 Å². The fourth-order valence-corrected chi connectivity index (χ4v) is 5.05. The largest absolute Gasteiger partial charge is 0.338 e. The zero-order valence-electron chi connectivity index (χ0n) is 17.4. The van der Waals surface area contributed by atoms with E-state index in [-0.39, 0.29) is 17.9 Å². The summed E-state index contributed by atoms with van der Waals surface area (Å²) < 4.78 is 2.97. The monoisotopic (exact) mass is 477 g/mol. The zero-order valence-corrected chi connectivity index (χ0v) is 19.0. The summed E-state index contributed by atoms with van der Waals surface area (Å²) in [5, 5.41) is 3.94. The molecule has 31 heavy (non-hydrogen) atoms. The second-order valence-electron chi connectivity index (χ2n) is 8.36. The number of hydrogen-bond donors (Lipinski definition) is 1. The van der Waals surface area contributed by atoms with Gasteiger partial charge in [-0.3, -0.25) is 9.59 Å².